The first-order valence-corrected chi connectivity index (χ1v) is 5.16. The zero-order chi connectivity index (χ0) is 20.6. The average molecular weight is 466 g/mol. The van der Waals surface area contributed by atoms with E-state index in [9.17, 15) is 19.8 Å². The minimum Gasteiger partial charge on any atom is -0.545 e. The van der Waals surface area contributed by atoms with Gasteiger partial charge in [-0.2, -0.15) is 0 Å². The van der Waals surface area contributed by atoms with Crippen molar-refractivity contribution < 1.29 is 59.4 Å². The molecule has 0 aliphatic carbocycles. The largest absolute Gasteiger partial charge is 2.00 e. The number of carbonyl (C=O) groups excluding carboxylic acids is 6. The van der Waals surface area contributed by atoms with Gasteiger partial charge in [-0.3, -0.25) is 0 Å². The fourth-order valence-corrected chi connectivity index (χ4v) is 0. The van der Waals surface area contributed by atoms with E-state index in [0.29, 0.717) is 0 Å². The van der Waals surface area contributed by atoms with E-state index in [2.05, 4.69) is 13.2 Å². The Bertz CT molecular complexity index is 398. The van der Waals surface area contributed by atoms with Crippen LogP contribution in [0.4, 0.5) is 0 Å². The average Bonchev–Trinajstić information content (AvgIpc) is 2.40. The van der Waals surface area contributed by atoms with E-state index in [4.69, 9.17) is 39.6 Å². The molecule has 0 amide bonds. The van der Waals surface area contributed by atoms with E-state index in [1.807, 2.05) is 0 Å². The maximum absolute atomic E-state index is 9.49. The molecule has 0 aliphatic rings. The van der Waals surface area contributed by atoms with Crippen LogP contribution in [0.15, 0.2) is 24.3 Å². The van der Waals surface area contributed by atoms with Crippen LogP contribution in [0, 0.1) is 0 Å². The topological polar surface area (TPSA) is 241 Å². The summed E-state index contributed by atoms with van der Waals surface area (Å²) in [6.45, 7) is 8.95. The van der Waals surface area contributed by atoms with Gasteiger partial charge in [0.2, 0.25) is 0 Å². The number of hydrogen-bond acceptors (Lipinski definition) is 12. The maximum Gasteiger partial charge on any atom is 2.00 e. The van der Waals surface area contributed by atoms with Crippen LogP contribution >= 0.6 is 0 Å². The van der Waals surface area contributed by atoms with Crippen LogP contribution < -0.4 is 30.6 Å². The zero-order valence-electron chi connectivity index (χ0n) is 14.4. The Morgan fingerprint density at radius 3 is 0.519 bits per heavy atom. The normalized spacial score (nSPS) is 6.59. The first-order chi connectivity index (χ1) is 10.6. The molecule has 0 aromatic carbocycles. The molecule has 136 valence electrons. The van der Waals surface area contributed by atoms with Gasteiger partial charge in [-0.1, -0.05) is 13.2 Å². The van der Waals surface area contributed by atoms with Crippen LogP contribution in [0.25, 0.3) is 0 Å². The SMILES string of the molecule is C=C(C)C(=O)[O-].C=C(C)C(=O)[O-].O=C([O-])C(=O)[O-].O=C([O-])C(=O)[O-].[Ca+2].[Ca+2].[Ca+2]. The van der Waals surface area contributed by atoms with Crippen molar-refractivity contribution in [3.63, 3.8) is 0 Å². The van der Waals surface area contributed by atoms with Crippen LogP contribution in [0.5, 0.6) is 0 Å². The van der Waals surface area contributed by atoms with Crippen LogP contribution in [-0.2, 0) is 28.8 Å². The van der Waals surface area contributed by atoms with Gasteiger partial charge >= 0.3 is 113 Å². The van der Waals surface area contributed by atoms with Gasteiger partial charge in [0.05, 0.1) is 35.8 Å². The Morgan fingerprint density at radius 1 is 0.444 bits per heavy atom. The van der Waals surface area contributed by atoms with E-state index in [1.54, 1.807) is 0 Å². The Balaban J connectivity index is -0.0000000381. The van der Waals surface area contributed by atoms with Crippen LogP contribution in [0.2, 0.25) is 0 Å². The molecule has 0 unspecified atom stereocenters. The van der Waals surface area contributed by atoms with Gasteiger partial charge in [0.15, 0.2) is 0 Å². The molecule has 0 saturated carbocycles. The first-order valence-electron chi connectivity index (χ1n) is 5.16. The first kappa shape index (κ1) is 45.7. The second-order valence-corrected chi connectivity index (χ2v) is 3.29. The molecular formula is C12H10Ca3O12. The summed E-state index contributed by atoms with van der Waals surface area (Å²) in [5.41, 5.74) is 0.130. The van der Waals surface area contributed by atoms with E-state index in [1.165, 1.54) is 13.8 Å². The van der Waals surface area contributed by atoms with Gasteiger partial charge in [0, 0.05) is 0 Å². The molecule has 0 bridgehead atoms. The van der Waals surface area contributed by atoms with E-state index >= 15 is 0 Å². The van der Waals surface area contributed by atoms with Crippen LogP contribution in [0.3, 0.4) is 0 Å². The molecule has 15 heteroatoms. The maximum atomic E-state index is 9.49. The van der Waals surface area contributed by atoms with Crippen molar-refractivity contribution in [1.29, 1.82) is 0 Å². The molecular weight excluding hydrogens is 456 g/mol. The Kier molecular flexibility index (Phi) is 47.9. The standard InChI is InChI=1S/2C4H6O2.2C2H2O4.3Ca/c2*1-3(2)4(5)6;2*3-1(4)2(5)6;;;/h2*1H2,2H3,(H,5,6);2*(H,3,4)(H,5,6);;;/q;;;;3*+2/p-6. The Morgan fingerprint density at radius 2 is 0.519 bits per heavy atom. The van der Waals surface area contributed by atoms with Crippen molar-refractivity contribution in [3.8, 4) is 0 Å². The molecule has 0 aromatic rings. The second kappa shape index (κ2) is 28.3. The molecule has 0 fully saturated rings. The molecule has 0 aliphatic heterocycles. The van der Waals surface area contributed by atoms with Crippen molar-refractivity contribution in [1.82, 2.24) is 0 Å². The predicted octanol–water partition coefficient (Wildman–Crippen LogP) is -9.55. The molecule has 0 radical (unpaired) electrons. The minimum absolute atomic E-state index is 0. The number of rotatable bonds is 2. The Labute approximate surface area is 242 Å². The van der Waals surface area contributed by atoms with Gasteiger partial charge in [0.25, 0.3) is 0 Å². The summed E-state index contributed by atoms with van der Waals surface area (Å²) in [6.07, 6.45) is 0. The predicted molar refractivity (Wildman–Crippen MR) is 76.9 cm³/mol. The molecule has 0 aromatic heterocycles. The summed E-state index contributed by atoms with van der Waals surface area (Å²) in [7, 11) is 0. The van der Waals surface area contributed by atoms with Crippen molar-refractivity contribution in [2.24, 2.45) is 0 Å². The summed E-state index contributed by atoms with van der Waals surface area (Å²) < 4.78 is 0. The molecule has 0 heterocycles. The summed E-state index contributed by atoms with van der Waals surface area (Å²) in [5, 5.41) is 54.7. The zero-order valence-corrected chi connectivity index (χ0v) is 21.1. The molecule has 27 heavy (non-hydrogen) atoms. The molecule has 0 spiro atoms. The van der Waals surface area contributed by atoms with Crippen LogP contribution in [0.1, 0.15) is 13.8 Å². The van der Waals surface area contributed by atoms with Gasteiger partial charge < -0.3 is 59.4 Å². The molecule has 0 atom stereocenters. The van der Waals surface area contributed by atoms with Gasteiger partial charge in [-0.05, 0) is 25.0 Å². The fourth-order valence-electron chi connectivity index (χ4n) is 0. The Hall–Kier alpha value is 0.0792. The van der Waals surface area contributed by atoms with Crippen molar-refractivity contribution in [2.45, 2.75) is 13.8 Å². The summed E-state index contributed by atoms with van der Waals surface area (Å²) >= 11 is 0. The quantitative estimate of drug-likeness (QED) is 0.209. The summed E-state index contributed by atoms with van der Waals surface area (Å²) in [6, 6.07) is 0. The van der Waals surface area contributed by atoms with Gasteiger partial charge in [0.1, 0.15) is 0 Å². The van der Waals surface area contributed by atoms with Crippen molar-refractivity contribution >= 4 is 149 Å². The second-order valence-electron chi connectivity index (χ2n) is 3.29. The molecule has 0 rings (SSSR count). The number of carboxylic acid groups (broad SMARTS) is 6. The van der Waals surface area contributed by atoms with Gasteiger partial charge in [-0.15, -0.1) is 0 Å². The van der Waals surface area contributed by atoms with Gasteiger partial charge in [-0.25, -0.2) is 0 Å². The third-order valence-corrected chi connectivity index (χ3v) is 1.03. The number of hydrogen-bond donors (Lipinski definition) is 0. The molecule has 0 N–H and O–H groups in total. The van der Waals surface area contributed by atoms with Crippen molar-refractivity contribution in [3.05, 3.63) is 24.3 Å². The smallest absolute Gasteiger partial charge is 0.545 e. The van der Waals surface area contributed by atoms with E-state index < -0.39 is 35.8 Å². The number of aliphatic carboxylic acids is 6. The monoisotopic (exact) mass is 466 g/mol. The summed E-state index contributed by atoms with van der Waals surface area (Å²) in [5.74, 6) is -11.1. The van der Waals surface area contributed by atoms with Crippen LogP contribution in [-0.4, -0.2) is 149 Å². The molecule has 12 nitrogen and oxygen atoms in total. The summed E-state index contributed by atoms with van der Waals surface area (Å²) in [4.78, 5) is 54.7. The minimum atomic E-state index is -2.19. The fraction of sp³-hybridized carbons (Fsp3) is 0.167. The number of carboxylic acids is 6. The number of carbonyl (C=O) groups is 6. The van der Waals surface area contributed by atoms with E-state index in [-0.39, 0.29) is 124 Å². The van der Waals surface area contributed by atoms with E-state index in [0.717, 1.165) is 0 Å². The molecule has 0 saturated heterocycles. The van der Waals surface area contributed by atoms with Crippen molar-refractivity contribution in [2.75, 3.05) is 0 Å². The third-order valence-electron chi connectivity index (χ3n) is 1.03. The third kappa shape index (κ3) is 58.5.